The Morgan fingerprint density at radius 3 is 2.70 bits per heavy atom. The zero-order valence-corrected chi connectivity index (χ0v) is 12.8. The van der Waals surface area contributed by atoms with E-state index in [2.05, 4.69) is 29.0 Å². The topological polar surface area (TPSA) is 52.5 Å². The van der Waals surface area contributed by atoms with E-state index < -0.39 is 5.82 Å². The lowest BCUT2D eigenvalue weighted by Crippen LogP contribution is -2.00. The first kappa shape index (κ1) is 15.0. The van der Waals surface area contributed by atoms with E-state index in [1.165, 1.54) is 17.7 Å². The zero-order valence-electron chi connectivity index (χ0n) is 12.8. The molecule has 0 aliphatic carbocycles. The highest BCUT2D eigenvalue weighted by molar-refractivity contribution is 5.60. The van der Waals surface area contributed by atoms with Gasteiger partial charge in [0.05, 0.1) is 11.3 Å². The van der Waals surface area contributed by atoms with Crippen molar-refractivity contribution in [3.05, 3.63) is 77.5 Å². The van der Waals surface area contributed by atoms with Crippen molar-refractivity contribution in [2.75, 3.05) is 0 Å². The van der Waals surface area contributed by atoms with Crippen molar-refractivity contribution in [3.63, 3.8) is 0 Å². The van der Waals surface area contributed by atoms with Crippen LogP contribution in [0.4, 0.5) is 4.39 Å². The van der Waals surface area contributed by atoms with Crippen LogP contribution in [0.5, 0.6) is 0 Å². The van der Waals surface area contributed by atoms with Gasteiger partial charge >= 0.3 is 0 Å². The number of aromatic nitrogens is 2. The molecule has 1 atom stereocenters. The predicted octanol–water partition coefficient (Wildman–Crippen LogP) is 4.43. The first-order valence-electron chi connectivity index (χ1n) is 7.46. The lowest BCUT2D eigenvalue weighted by molar-refractivity contribution is 0.624. The summed E-state index contributed by atoms with van der Waals surface area (Å²) in [5.74, 6) is 0.579. The molecule has 0 fully saturated rings. The lowest BCUT2D eigenvalue weighted by Gasteiger charge is -2.08. The summed E-state index contributed by atoms with van der Waals surface area (Å²) in [4.78, 5) is 7.74. The van der Waals surface area contributed by atoms with E-state index in [0.717, 1.165) is 12.2 Å². The Balaban J connectivity index is 1.80. The predicted molar refractivity (Wildman–Crippen MR) is 87.3 cm³/mol. The molecule has 114 valence electrons. The number of rotatable bonds is 4. The highest BCUT2D eigenvalue weighted by Gasteiger charge is 2.13. The molecule has 0 saturated carbocycles. The fourth-order valence-electron chi connectivity index (χ4n) is 2.57. The van der Waals surface area contributed by atoms with Gasteiger partial charge in [-0.25, -0.2) is 9.37 Å². The van der Waals surface area contributed by atoms with E-state index in [9.17, 15) is 4.39 Å². The second kappa shape index (κ2) is 6.45. The molecule has 23 heavy (non-hydrogen) atoms. The second-order valence-corrected chi connectivity index (χ2v) is 5.57. The molecule has 0 amide bonds. The van der Waals surface area contributed by atoms with E-state index in [1.807, 2.05) is 24.3 Å². The monoisotopic (exact) mass is 305 g/mol. The molecule has 3 nitrogen and oxygen atoms in total. The van der Waals surface area contributed by atoms with Gasteiger partial charge in [-0.05, 0) is 24.1 Å². The number of nitrogens with zero attached hydrogens (tertiary/aromatic N) is 2. The van der Waals surface area contributed by atoms with Crippen molar-refractivity contribution in [2.24, 2.45) is 0 Å². The molecule has 1 aromatic heterocycles. The zero-order chi connectivity index (χ0) is 16.2. The number of nitrogens with one attached hydrogen (secondary N) is 1. The molecule has 0 radical (unpaired) electrons. The molecule has 1 N–H and O–H groups in total. The molecule has 3 rings (SSSR count). The fourth-order valence-corrected chi connectivity index (χ4v) is 2.57. The Morgan fingerprint density at radius 2 is 2.00 bits per heavy atom. The third kappa shape index (κ3) is 3.29. The SMILES string of the molecule is C[C@@H](Cc1ccccc1)c1nc(-c2ccc(C#N)c(F)c2)c[nH]1. The van der Waals surface area contributed by atoms with Gasteiger partial charge in [0, 0.05) is 17.7 Å². The Bertz CT molecular complexity index is 847. The Kier molecular flexibility index (Phi) is 4.20. The van der Waals surface area contributed by atoms with Crippen LogP contribution in [0.15, 0.2) is 54.7 Å². The van der Waals surface area contributed by atoms with Crippen LogP contribution in [0.1, 0.15) is 29.8 Å². The van der Waals surface area contributed by atoms with Gasteiger partial charge in [-0.15, -0.1) is 0 Å². The molecule has 0 spiro atoms. The highest BCUT2D eigenvalue weighted by atomic mass is 19.1. The third-order valence-corrected chi connectivity index (χ3v) is 3.83. The average molecular weight is 305 g/mol. The van der Waals surface area contributed by atoms with Crippen molar-refractivity contribution in [1.82, 2.24) is 9.97 Å². The van der Waals surface area contributed by atoms with Crippen molar-refractivity contribution in [1.29, 1.82) is 5.26 Å². The first-order chi connectivity index (χ1) is 11.2. The summed E-state index contributed by atoms with van der Waals surface area (Å²) in [6.45, 7) is 2.11. The second-order valence-electron chi connectivity index (χ2n) is 5.57. The van der Waals surface area contributed by atoms with E-state index in [0.29, 0.717) is 11.3 Å². The number of hydrogen-bond donors (Lipinski definition) is 1. The summed E-state index contributed by atoms with van der Waals surface area (Å²) in [6, 6.07) is 16.6. The molecule has 2 aromatic carbocycles. The number of H-pyrrole nitrogens is 1. The van der Waals surface area contributed by atoms with E-state index in [1.54, 1.807) is 12.3 Å². The Hall–Kier alpha value is -2.93. The summed E-state index contributed by atoms with van der Waals surface area (Å²) in [6.07, 6.45) is 2.66. The molecular weight excluding hydrogens is 289 g/mol. The summed E-state index contributed by atoms with van der Waals surface area (Å²) in [7, 11) is 0. The minimum absolute atomic E-state index is 0.0435. The van der Waals surface area contributed by atoms with E-state index >= 15 is 0 Å². The minimum Gasteiger partial charge on any atom is -0.348 e. The van der Waals surface area contributed by atoms with Crippen molar-refractivity contribution in [3.8, 4) is 17.3 Å². The number of halogens is 1. The van der Waals surface area contributed by atoms with Gasteiger partial charge in [-0.3, -0.25) is 0 Å². The van der Waals surface area contributed by atoms with Crippen LogP contribution in [-0.2, 0) is 6.42 Å². The van der Waals surface area contributed by atoms with Crippen molar-refractivity contribution < 1.29 is 4.39 Å². The quantitative estimate of drug-likeness (QED) is 0.775. The number of hydrogen-bond acceptors (Lipinski definition) is 2. The third-order valence-electron chi connectivity index (χ3n) is 3.83. The van der Waals surface area contributed by atoms with Crippen LogP contribution >= 0.6 is 0 Å². The summed E-state index contributed by atoms with van der Waals surface area (Å²) in [5, 5.41) is 8.79. The average Bonchev–Trinajstić information content (AvgIpc) is 3.06. The minimum atomic E-state index is -0.521. The van der Waals surface area contributed by atoms with Crippen molar-refractivity contribution >= 4 is 0 Å². The number of benzene rings is 2. The van der Waals surface area contributed by atoms with Crippen molar-refractivity contribution in [2.45, 2.75) is 19.3 Å². The maximum absolute atomic E-state index is 13.7. The Labute approximate surface area is 134 Å². The van der Waals surface area contributed by atoms with Gasteiger partial charge < -0.3 is 4.98 Å². The maximum Gasteiger partial charge on any atom is 0.141 e. The van der Waals surface area contributed by atoms with Crippen LogP contribution in [0.25, 0.3) is 11.3 Å². The van der Waals surface area contributed by atoms with Gasteiger partial charge in [0.2, 0.25) is 0 Å². The molecule has 0 bridgehead atoms. The van der Waals surface area contributed by atoms with Gasteiger partial charge in [-0.2, -0.15) is 5.26 Å². The smallest absolute Gasteiger partial charge is 0.141 e. The number of nitriles is 1. The Morgan fingerprint density at radius 1 is 1.22 bits per heavy atom. The largest absolute Gasteiger partial charge is 0.348 e. The van der Waals surface area contributed by atoms with Gasteiger partial charge in [0.25, 0.3) is 0 Å². The van der Waals surface area contributed by atoms with Gasteiger partial charge in [0.1, 0.15) is 17.7 Å². The summed E-state index contributed by atoms with van der Waals surface area (Å²) in [5.41, 5.74) is 2.64. The van der Waals surface area contributed by atoms with Crippen LogP contribution in [-0.4, -0.2) is 9.97 Å². The van der Waals surface area contributed by atoms with Crippen LogP contribution < -0.4 is 0 Å². The molecule has 0 aliphatic heterocycles. The van der Waals surface area contributed by atoms with E-state index in [-0.39, 0.29) is 11.5 Å². The normalized spacial score (nSPS) is 11.9. The molecule has 0 aliphatic rings. The maximum atomic E-state index is 13.7. The standard InChI is InChI=1S/C19H16FN3/c1-13(9-14-5-3-2-4-6-14)19-22-12-18(23-19)15-7-8-16(11-21)17(20)10-15/h2-8,10,12-13H,9H2,1H3,(H,22,23)/t13-/m0/s1. The molecule has 4 heteroatoms. The summed E-state index contributed by atoms with van der Waals surface area (Å²) >= 11 is 0. The summed E-state index contributed by atoms with van der Waals surface area (Å²) < 4.78 is 13.7. The number of aromatic amines is 1. The van der Waals surface area contributed by atoms with Crippen LogP contribution in [0, 0.1) is 17.1 Å². The lowest BCUT2D eigenvalue weighted by atomic mass is 10.0. The van der Waals surface area contributed by atoms with Crippen LogP contribution in [0.3, 0.4) is 0 Å². The molecule has 1 heterocycles. The van der Waals surface area contributed by atoms with Crippen LogP contribution in [0.2, 0.25) is 0 Å². The molecule has 0 unspecified atom stereocenters. The number of imidazole rings is 1. The highest BCUT2D eigenvalue weighted by Crippen LogP contribution is 2.24. The first-order valence-corrected chi connectivity index (χ1v) is 7.46. The molecule has 0 saturated heterocycles. The van der Waals surface area contributed by atoms with Gasteiger partial charge in [-0.1, -0.05) is 43.3 Å². The molecule has 3 aromatic rings. The molecular formula is C19H16FN3. The van der Waals surface area contributed by atoms with E-state index in [4.69, 9.17) is 5.26 Å². The van der Waals surface area contributed by atoms with Gasteiger partial charge in [0.15, 0.2) is 0 Å². The fraction of sp³-hybridized carbons (Fsp3) is 0.158.